The van der Waals surface area contributed by atoms with Gasteiger partial charge in [-0.2, -0.15) is 0 Å². The molecule has 2 unspecified atom stereocenters. The number of hydrogen-bond acceptors (Lipinski definition) is 6. The van der Waals surface area contributed by atoms with Crippen LogP contribution in [0.4, 0.5) is 4.39 Å². The van der Waals surface area contributed by atoms with E-state index < -0.39 is 32.2 Å². The highest BCUT2D eigenvalue weighted by atomic mass is 35.7. The number of nitrogens with zero attached hydrogens (tertiary/aromatic N) is 1. The fraction of sp³-hybridized carbons (Fsp3) is 0.455. The molecule has 0 radical (unpaired) electrons. The monoisotopic (exact) mass is 325 g/mol. The first-order valence-corrected chi connectivity index (χ1v) is 7.80. The summed E-state index contributed by atoms with van der Waals surface area (Å²) in [6, 6.07) is 2.49. The van der Waals surface area contributed by atoms with Crippen LogP contribution in [0.15, 0.2) is 23.2 Å². The largest absolute Gasteiger partial charge is 0.451 e. The van der Waals surface area contributed by atoms with Crippen molar-refractivity contribution >= 4 is 25.7 Å². The molecule has 20 heavy (non-hydrogen) atoms. The molecule has 0 aliphatic carbocycles. The molecule has 1 aromatic rings. The zero-order valence-electron chi connectivity index (χ0n) is 10.7. The zero-order valence-corrected chi connectivity index (χ0v) is 12.3. The van der Waals surface area contributed by atoms with E-state index >= 15 is 0 Å². The van der Waals surface area contributed by atoms with Crippen molar-refractivity contribution in [2.45, 2.75) is 24.1 Å². The Kier molecular flexibility index (Phi) is 5.85. The maximum Gasteiger partial charge on any atom is 0.332 e. The lowest BCUT2D eigenvalue weighted by Gasteiger charge is -2.20. The number of carbonyl (C=O) groups is 1. The van der Waals surface area contributed by atoms with Crippen molar-refractivity contribution in [2.24, 2.45) is 0 Å². The normalized spacial score (nSPS) is 14.6. The Hall–Kier alpha value is -1.25. The highest BCUT2D eigenvalue weighted by Crippen LogP contribution is 2.29. The van der Waals surface area contributed by atoms with Gasteiger partial charge in [0.2, 0.25) is 0 Å². The van der Waals surface area contributed by atoms with E-state index in [1.54, 1.807) is 0 Å². The molecule has 0 bridgehead atoms. The fourth-order valence-corrected chi connectivity index (χ4v) is 2.53. The minimum absolute atomic E-state index is 0.262. The maximum absolute atomic E-state index is 13.6. The number of carbonyl (C=O) groups excluding carboxylic acids is 1. The van der Waals surface area contributed by atoms with Crippen molar-refractivity contribution in [3.05, 3.63) is 24.0 Å². The molecule has 0 N–H and O–H groups in total. The topological polar surface area (TPSA) is 82.6 Å². The Balaban J connectivity index is 3.20. The average Bonchev–Trinajstić information content (AvgIpc) is 2.35. The number of rotatable bonds is 6. The van der Waals surface area contributed by atoms with Gasteiger partial charge in [-0.1, -0.05) is 0 Å². The van der Waals surface area contributed by atoms with Crippen LogP contribution in [0, 0.1) is 0 Å². The van der Waals surface area contributed by atoms with Gasteiger partial charge in [-0.05, 0) is 19.1 Å². The van der Waals surface area contributed by atoms with Crippen LogP contribution in [0.5, 0.6) is 0 Å². The highest BCUT2D eigenvalue weighted by molar-refractivity contribution is 8.13. The van der Waals surface area contributed by atoms with E-state index in [-0.39, 0.29) is 12.3 Å². The van der Waals surface area contributed by atoms with Gasteiger partial charge in [0.15, 0.2) is 6.10 Å². The van der Waals surface area contributed by atoms with Crippen LogP contribution in [-0.2, 0) is 23.3 Å². The van der Waals surface area contributed by atoms with Crippen LogP contribution in [0.1, 0.15) is 18.7 Å². The van der Waals surface area contributed by atoms with E-state index in [0.29, 0.717) is 0 Å². The second-order valence-electron chi connectivity index (χ2n) is 3.85. The minimum Gasteiger partial charge on any atom is -0.451 e. The highest BCUT2D eigenvalue weighted by Gasteiger charge is 2.30. The number of aromatic nitrogens is 1. The van der Waals surface area contributed by atoms with Crippen LogP contribution < -0.4 is 0 Å². The first-order chi connectivity index (χ1) is 9.27. The summed E-state index contributed by atoms with van der Waals surface area (Å²) in [7, 11) is 2.38. The predicted octanol–water partition coefficient (Wildman–Crippen LogP) is 1.60. The number of hydrogen-bond donors (Lipinski definition) is 0. The van der Waals surface area contributed by atoms with E-state index in [0.717, 1.165) is 13.0 Å². The molecule has 0 aliphatic heterocycles. The van der Waals surface area contributed by atoms with Crippen molar-refractivity contribution in [3.63, 3.8) is 0 Å². The summed E-state index contributed by atoms with van der Waals surface area (Å²) in [5, 5.41) is 0. The van der Waals surface area contributed by atoms with Crippen molar-refractivity contribution in [1.82, 2.24) is 4.98 Å². The van der Waals surface area contributed by atoms with Crippen molar-refractivity contribution in [2.75, 3.05) is 13.7 Å². The van der Waals surface area contributed by atoms with Gasteiger partial charge in [0.25, 0.3) is 9.05 Å². The lowest BCUT2D eigenvalue weighted by Crippen LogP contribution is -2.23. The minimum atomic E-state index is -4.14. The van der Waals surface area contributed by atoms with E-state index in [1.165, 1.54) is 19.4 Å². The first-order valence-electron chi connectivity index (χ1n) is 5.49. The number of esters is 1. The third kappa shape index (κ3) is 4.39. The van der Waals surface area contributed by atoms with Gasteiger partial charge in [0, 0.05) is 24.0 Å². The molecule has 0 aromatic carbocycles. The van der Waals surface area contributed by atoms with Gasteiger partial charge in [0.05, 0.1) is 0 Å². The number of ether oxygens (including phenoxy) is 2. The van der Waals surface area contributed by atoms with Gasteiger partial charge in [-0.3, -0.25) is 4.98 Å². The molecule has 9 heteroatoms. The second-order valence-corrected chi connectivity index (χ2v) is 6.38. The van der Waals surface area contributed by atoms with Gasteiger partial charge in [-0.25, -0.2) is 17.6 Å². The molecule has 0 amide bonds. The smallest absolute Gasteiger partial charge is 0.332 e. The summed E-state index contributed by atoms with van der Waals surface area (Å²) >= 11 is 0. The van der Waals surface area contributed by atoms with Crippen LogP contribution in [-0.4, -0.2) is 39.3 Å². The van der Waals surface area contributed by atoms with Gasteiger partial charge in [0.1, 0.15) is 23.4 Å². The summed E-state index contributed by atoms with van der Waals surface area (Å²) in [5.74, 6) is -0.842. The third-order valence-corrected chi connectivity index (χ3v) is 3.64. The standard InChI is InChI=1S/C11H13ClFNO5S/c1-7(13)11(19-9(15)6-18-2)10-8(20(12,16)17)4-3-5-14-10/h3-5,7,11H,6H2,1-2H3. The van der Waals surface area contributed by atoms with Gasteiger partial charge < -0.3 is 9.47 Å². The third-order valence-electron chi connectivity index (χ3n) is 2.27. The summed E-state index contributed by atoms with van der Waals surface area (Å²) in [6.07, 6.45) is -1.91. The van der Waals surface area contributed by atoms with E-state index in [4.69, 9.17) is 15.4 Å². The first kappa shape index (κ1) is 16.8. The molecular weight excluding hydrogens is 313 g/mol. The summed E-state index contributed by atoms with van der Waals surface area (Å²) in [4.78, 5) is 14.7. The molecular formula is C11H13ClFNO5S. The van der Waals surface area contributed by atoms with E-state index in [2.05, 4.69) is 9.72 Å². The number of pyridine rings is 1. The van der Waals surface area contributed by atoms with Crippen LogP contribution in [0.3, 0.4) is 0 Å². The van der Waals surface area contributed by atoms with Gasteiger partial charge >= 0.3 is 5.97 Å². The lowest BCUT2D eigenvalue weighted by atomic mass is 10.1. The molecule has 0 aliphatic rings. The average molecular weight is 326 g/mol. The van der Waals surface area contributed by atoms with E-state index in [9.17, 15) is 17.6 Å². The Morgan fingerprint density at radius 3 is 2.70 bits per heavy atom. The van der Waals surface area contributed by atoms with Crippen LogP contribution in [0.25, 0.3) is 0 Å². The Bertz CT molecular complexity index is 578. The maximum atomic E-state index is 13.6. The zero-order chi connectivity index (χ0) is 15.3. The predicted molar refractivity (Wildman–Crippen MR) is 68.6 cm³/mol. The Morgan fingerprint density at radius 2 is 2.20 bits per heavy atom. The SMILES string of the molecule is COCC(=O)OC(c1ncccc1S(=O)(=O)Cl)C(C)F. The molecule has 0 spiro atoms. The second kappa shape index (κ2) is 6.96. The van der Waals surface area contributed by atoms with E-state index in [1.807, 2.05) is 0 Å². The molecule has 0 saturated heterocycles. The van der Waals surface area contributed by atoms with Crippen LogP contribution >= 0.6 is 10.7 Å². The lowest BCUT2D eigenvalue weighted by molar-refractivity contribution is -0.157. The van der Waals surface area contributed by atoms with Crippen molar-refractivity contribution in [3.8, 4) is 0 Å². The van der Waals surface area contributed by atoms with Crippen molar-refractivity contribution in [1.29, 1.82) is 0 Å². The molecule has 1 heterocycles. The summed E-state index contributed by atoms with van der Waals surface area (Å²) in [5.41, 5.74) is -0.262. The summed E-state index contributed by atoms with van der Waals surface area (Å²) in [6.45, 7) is 0.725. The molecule has 0 fully saturated rings. The number of halogens is 2. The molecule has 112 valence electrons. The van der Waals surface area contributed by atoms with Gasteiger partial charge in [-0.15, -0.1) is 0 Å². The molecule has 1 rings (SSSR count). The molecule has 0 saturated carbocycles. The summed E-state index contributed by atoms with van der Waals surface area (Å²) < 4.78 is 45.9. The molecule has 1 aromatic heterocycles. The Labute approximate surface area is 120 Å². The van der Waals surface area contributed by atoms with Crippen molar-refractivity contribution < 1.29 is 27.1 Å². The fourth-order valence-electron chi connectivity index (χ4n) is 1.48. The molecule has 6 nitrogen and oxygen atoms in total. The number of alkyl halides is 1. The molecule has 2 atom stereocenters. The quantitative estimate of drug-likeness (QED) is 0.583. The Morgan fingerprint density at radius 1 is 1.55 bits per heavy atom. The number of methoxy groups -OCH3 is 1. The van der Waals surface area contributed by atoms with Crippen LogP contribution in [0.2, 0.25) is 0 Å².